The Morgan fingerprint density at radius 1 is 1.60 bits per heavy atom. The van der Waals surface area contributed by atoms with Crippen molar-refractivity contribution in [3.63, 3.8) is 0 Å². The van der Waals surface area contributed by atoms with E-state index in [4.69, 9.17) is 0 Å². The van der Waals surface area contributed by atoms with Crippen molar-refractivity contribution >= 4 is 5.91 Å². The quantitative estimate of drug-likeness (QED) is 0.731. The number of carbonyl (C=O) groups is 1. The van der Waals surface area contributed by atoms with Crippen molar-refractivity contribution in [3.05, 3.63) is 29.6 Å². The molecule has 2 rings (SSSR count). The fraction of sp³-hybridized carbons (Fsp3) is 0.455. The third-order valence-corrected chi connectivity index (χ3v) is 2.77. The number of aromatic nitrogens is 2. The molecule has 0 unspecified atom stereocenters. The summed E-state index contributed by atoms with van der Waals surface area (Å²) in [7, 11) is 0. The number of aryl methyl sites for hydroxylation is 1. The molecular weight excluding hydrogens is 190 g/mol. The SMILES string of the molecule is Cc1[nH]ncc1CNC(=O)C1CC=CC1. The van der Waals surface area contributed by atoms with Gasteiger partial charge in [0.25, 0.3) is 0 Å². The standard InChI is InChI=1S/C11H15N3O/c1-8-10(7-13-14-8)6-12-11(15)9-4-2-3-5-9/h2-3,7,9H,4-6H2,1H3,(H,12,15)(H,13,14). The lowest BCUT2D eigenvalue weighted by molar-refractivity contribution is -0.124. The molecule has 1 amide bonds. The highest BCUT2D eigenvalue weighted by molar-refractivity contribution is 5.79. The number of carbonyl (C=O) groups excluding carboxylic acids is 1. The number of H-pyrrole nitrogens is 1. The second-order valence-corrected chi connectivity index (χ2v) is 3.88. The molecule has 0 spiro atoms. The Balaban J connectivity index is 1.83. The highest BCUT2D eigenvalue weighted by Gasteiger charge is 2.18. The van der Waals surface area contributed by atoms with Gasteiger partial charge in [-0.1, -0.05) is 12.2 Å². The normalized spacial score (nSPS) is 15.8. The summed E-state index contributed by atoms with van der Waals surface area (Å²) in [5, 5.41) is 9.69. The molecule has 0 atom stereocenters. The Kier molecular flexibility index (Phi) is 2.85. The van der Waals surface area contributed by atoms with E-state index in [1.54, 1.807) is 6.20 Å². The molecule has 0 radical (unpaired) electrons. The van der Waals surface area contributed by atoms with E-state index in [1.165, 1.54) is 0 Å². The van der Waals surface area contributed by atoms with E-state index in [1.807, 2.05) is 6.92 Å². The highest BCUT2D eigenvalue weighted by Crippen LogP contribution is 2.17. The molecule has 1 aliphatic carbocycles. The number of nitrogens with one attached hydrogen (secondary N) is 2. The number of rotatable bonds is 3. The fourth-order valence-electron chi connectivity index (χ4n) is 1.71. The number of amides is 1. The van der Waals surface area contributed by atoms with Crippen LogP contribution in [0.3, 0.4) is 0 Å². The molecule has 4 nitrogen and oxygen atoms in total. The zero-order valence-electron chi connectivity index (χ0n) is 8.79. The van der Waals surface area contributed by atoms with Gasteiger partial charge >= 0.3 is 0 Å². The Hall–Kier alpha value is -1.58. The predicted molar refractivity (Wildman–Crippen MR) is 57.0 cm³/mol. The number of allylic oxidation sites excluding steroid dienone is 2. The van der Waals surface area contributed by atoms with Gasteiger partial charge in [-0.15, -0.1) is 0 Å². The Labute approximate surface area is 88.8 Å². The van der Waals surface area contributed by atoms with E-state index in [0.29, 0.717) is 6.54 Å². The van der Waals surface area contributed by atoms with Gasteiger partial charge < -0.3 is 5.32 Å². The zero-order chi connectivity index (χ0) is 10.7. The van der Waals surface area contributed by atoms with Crippen LogP contribution in [0.5, 0.6) is 0 Å². The zero-order valence-corrected chi connectivity index (χ0v) is 8.79. The topological polar surface area (TPSA) is 57.8 Å². The van der Waals surface area contributed by atoms with Gasteiger partial charge in [0.05, 0.1) is 6.20 Å². The number of aromatic amines is 1. The van der Waals surface area contributed by atoms with E-state index in [2.05, 4.69) is 27.7 Å². The maximum absolute atomic E-state index is 11.7. The van der Waals surface area contributed by atoms with Crippen LogP contribution in [0.1, 0.15) is 24.1 Å². The van der Waals surface area contributed by atoms with Crippen LogP contribution in [0.2, 0.25) is 0 Å². The summed E-state index contributed by atoms with van der Waals surface area (Å²) >= 11 is 0. The molecule has 1 heterocycles. The minimum absolute atomic E-state index is 0.136. The van der Waals surface area contributed by atoms with Crippen molar-refractivity contribution < 1.29 is 4.79 Å². The van der Waals surface area contributed by atoms with Gasteiger partial charge in [-0.3, -0.25) is 9.89 Å². The van der Waals surface area contributed by atoms with Crippen molar-refractivity contribution in [1.82, 2.24) is 15.5 Å². The van der Waals surface area contributed by atoms with Gasteiger partial charge in [-0.25, -0.2) is 0 Å². The number of hydrogen-bond acceptors (Lipinski definition) is 2. The van der Waals surface area contributed by atoms with E-state index in [0.717, 1.165) is 24.1 Å². The lowest BCUT2D eigenvalue weighted by Crippen LogP contribution is -2.29. The molecule has 1 aliphatic rings. The van der Waals surface area contributed by atoms with Crippen molar-refractivity contribution in [1.29, 1.82) is 0 Å². The van der Waals surface area contributed by atoms with E-state index in [9.17, 15) is 4.79 Å². The molecule has 0 saturated heterocycles. The molecule has 0 aromatic carbocycles. The van der Waals surface area contributed by atoms with E-state index < -0.39 is 0 Å². The third-order valence-electron chi connectivity index (χ3n) is 2.77. The Morgan fingerprint density at radius 2 is 2.33 bits per heavy atom. The highest BCUT2D eigenvalue weighted by atomic mass is 16.1. The summed E-state index contributed by atoms with van der Waals surface area (Å²) in [6, 6.07) is 0. The number of hydrogen-bond donors (Lipinski definition) is 2. The van der Waals surface area contributed by atoms with Crippen molar-refractivity contribution in [3.8, 4) is 0 Å². The van der Waals surface area contributed by atoms with Crippen LogP contribution >= 0.6 is 0 Å². The van der Waals surface area contributed by atoms with Gasteiger partial charge in [-0.2, -0.15) is 5.10 Å². The van der Waals surface area contributed by atoms with Crippen molar-refractivity contribution in [2.45, 2.75) is 26.3 Å². The summed E-state index contributed by atoms with van der Waals surface area (Å²) < 4.78 is 0. The lowest BCUT2D eigenvalue weighted by Gasteiger charge is -2.09. The van der Waals surface area contributed by atoms with Crippen molar-refractivity contribution in [2.75, 3.05) is 0 Å². The molecular formula is C11H15N3O. The third kappa shape index (κ3) is 2.26. The largest absolute Gasteiger partial charge is 0.352 e. The average molecular weight is 205 g/mol. The molecule has 0 bridgehead atoms. The lowest BCUT2D eigenvalue weighted by atomic mass is 10.1. The maximum atomic E-state index is 11.7. The smallest absolute Gasteiger partial charge is 0.224 e. The molecule has 0 aliphatic heterocycles. The molecule has 1 aromatic rings. The van der Waals surface area contributed by atoms with Crippen LogP contribution < -0.4 is 5.32 Å². The van der Waals surface area contributed by atoms with Crippen LogP contribution in [0.15, 0.2) is 18.3 Å². The Morgan fingerprint density at radius 3 is 2.93 bits per heavy atom. The minimum Gasteiger partial charge on any atom is -0.352 e. The van der Waals surface area contributed by atoms with Gasteiger partial charge in [0.2, 0.25) is 5.91 Å². The minimum atomic E-state index is 0.136. The van der Waals surface area contributed by atoms with Crippen LogP contribution in [-0.4, -0.2) is 16.1 Å². The first-order valence-corrected chi connectivity index (χ1v) is 5.19. The second-order valence-electron chi connectivity index (χ2n) is 3.88. The van der Waals surface area contributed by atoms with Gasteiger partial charge in [0.15, 0.2) is 0 Å². The van der Waals surface area contributed by atoms with Gasteiger partial charge in [0.1, 0.15) is 0 Å². The monoisotopic (exact) mass is 205 g/mol. The summed E-state index contributed by atoms with van der Waals surface area (Å²) in [5.74, 6) is 0.276. The van der Waals surface area contributed by atoms with E-state index in [-0.39, 0.29) is 11.8 Å². The molecule has 0 saturated carbocycles. The summed E-state index contributed by atoms with van der Waals surface area (Å²) in [6.07, 6.45) is 7.62. The first-order chi connectivity index (χ1) is 7.27. The second kappa shape index (κ2) is 4.29. The number of nitrogens with zero attached hydrogens (tertiary/aromatic N) is 1. The maximum Gasteiger partial charge on any atom is 0.224 e. The van der Waals surface area contributed by atoms with Crippen LogP contribution in [0, 0.1) is 12.8 Å². The van der Waals surface area contributed by atoms with E-state index >= 15 is 0 Å². The van der Waals surface area contributed by atoms with Crippen LogP contribution in [0.4, 0.5) is 0 Å². The predicted octanol–water partition coefficient (Wildman–Crippen LogP) is 1.30. The molecule has 80 valence electrons. The van der Waals surface area contributed by atoms with Crippen molar-refractivity contribution in [2.24, 2.45) is 5.92 Å². The average Bonchev–Trinajstić information content (AvgIpc) is 2.85. The first kappa shape index (κ1) is 9.96. The molecule has 1 aromatic heterocycles. The van der Waals surface area contributed by atoms with Crippen LogP contribution in [-0.2, 0) is 11.3 Å². The van der Waals surface area contributed by atoms with Gasteiger partial charge in [-0.05, 0) is 19.8 Å². The molecule has 0 fully saturated rings. The first-order valence-electron chi connectivity index (χ1n) is 5.19. The molecule has 15 heavy (non-hydrogen) atoms. The molecule has 4 heteroatoms. The summed E-state index contributed by atoms with van der Waals surface area (Å²) in [5.41, 5.74) is 2.06. The summed E-state index contributed by atoms with van der Waals surface area (Å²) in [4.78, 5) is 11.7. The Bertz CT molecular complexity index is 373. The molecule has 2 N–H and O–H groups in total. The van der Waals surface area contributed by atoms with Crippen LogP contribution in [0.25, 0.3) is 0 Å². The van der Waals surface area contributed by atoms with Gasteiger partial charge in [0, 0.05) is 23.7 Å². The fourth-order valence-corrected chi connectivity index (χ4v) is 1.71. The summed E-state index contributed by atoms with van der Waals surface area (Å²) in [6.45, 7) is 2.52.